The summed E-state index contributed by atoms with van der Waals surface area (Å²) in [6.45, 7) is 3.73. The van der Waals surface area contributed by atoms with Crippen LogP contribution < -0.4 is 5.32 Å². The van der Waals surface area contributed by atoms with Gasteiger partial charge in [-0.25, -0.2) is 0 Å². The maximum atomic E-state index is 12.7. The van der Waals surface area contributed by atoms with Gasteiger partial charge in [-0.3, -0.25) is 9.59 Å². The van der Waals surface area contributed by atoms with E-state index in [1.54, 1.807) is 42.5 Å². The van der Waals surface area contributed by atoms with Crippen LogP contribution in [0.15, 0.2) is 42.5 Å². The van der Waals surface area contributed by atoms with E-state index in [9.17, 15) is 9.59 Å². The minimum absolute atomic E-state index is 0.0302. The van der Waals surface area contributed by atoms with Gasteiger partial charge in [0.15, 0.2) is 0 Å². The van der Waals surface area contributed by atoms with Gasteiger partial charge in [-0.1, -0.05) is 36.2 Å². The quantitative estimate of drug-likeness (QED) is 0.790. The van der Waals surface area contributed by atoms with Gasteiger partial charge in [-0.2, -0.15) is 0 Å². The summed E-state index contributed by atoms with van der Waals surface area (Å²) >= 11 is 11.9. The summed E-state index contributed by atoms with van der Waals surface area (Å²) in [7, 11) is 0. The first kappa shape index (κ1) is 18.7. The van der Waals surface area contributed by atoms with Crippen molar-refractivity contribution in [2.75, 3.05) is 18.4 Å². The van der Waals surface area contributed by atoms with Crippen LogP contribution in [-0.4, -0.2) is 29.8 Å². The lowest BCUT2D eigenvalue weighted by Gasteiger charge is -2.30. The summed E-state index contributed by atoms with van der Waals surface area (Å²) in [5.41, 5.74) is 1.45. The zero-order valence-corrected chi connectivity index (χ0v) is 16.0. The zero-order chi connectivity index (χ0) is 18.7. The van der Waals surface area contributed by atoms with Crippen LogP contribution in [0.1, 0.15) is 40.5 Å². The van der Waals surface area contributed by atoms with Gasteiger partial charge in [-0.15, -0.1) is 0 Å². The Balaban J connectivity index is 1.74. The van der Waals surface area contributed by atoms with E-state index in [0.29, 0.717) is 32.8 Å². The van der Waals surface area contributed by atoms with Crippen molar-refractivity contribution in [2.24, 2.45) is 5.92 Å². The Morgan fingerprint density at radius 1 is 1.00 bits per heavy atom. The molecule has 0 aromatic heterocycles. The Morgan fingerprint density at radius 2 is 1.62 bits per heavy atom. The molecule has 1 N–H and O–H groups in total. The number of likely N-dealkylation sites (tertiary alicyclic amines) is 1. The summed E-state index contributed by atoms with van der Waals surface area (Å²) < 4.78 is 0. The van der Waals surface area contributed by atoms with Crippen molar-refractivity contribution < 1.29 is 9.59 Å². The van der Waals surface area contributed by atoms with Gasteiger partial charge >= 0.3 is 0 Å². The first-order chi connectivity index (χ1) is 12.4. The van der Waals surface area contributed by atoms with E-state index in [0.717, 1.165) is 25.9 Å². The molecule has 136 valence electrons. The molecule has 6 heteroatoms. The number of halogens is 2. The number of amides is 2. The highest BCUT2D eigenvalue weighted by Crippen LogP contribution is 2.23. The number of piperidine rings is 1. The molecule has 2 aromatic rings. The summed E-state index contributed by atoms with van der Waals surface area (Å²) in [6.07, 6.45) is 2.03. The van der Waals surface area contributed by atoms with Crippen molar-refractivity contribution in [3.8, 4) is 0 Å². The Bertz CT molecular complexity index is 810. The van der Waals surface area contributed by atoms with Crippen LogP contribution in [0, 0.1) is 5.92 Å². The van der Waals surface area contributed by atoms with Crippen LogP contribution in [0.25, 0.3) is 0 Å². The lowest BCUT2D eigenvalue weighted by molar-refractivity contribution is 0.0697. The third-order valence-corrected chi connectivity index (χ3v) is 5.00. The number of hydrogen-bond donors (Lipinski definition) is 1. The third-order valence-electron chi connectivity index (χ3n) is 4.56. The average Bonchev–Trinajstić information content (AvgIpc) is 2.61. The van der Waals surface area contributed by atoms with Crippen molar-refractivity contribution in [3.05, 3.63) is 63.6 Å². The van der Waals surface area contributed by atoms with Gasteiger partial charge in [-0.05, 0) is 55.2 Å². The number of carbonyl (C=O) groups is 2. The molecule has 2 aromatic carbocycles. The summed E-state index contributed by atoms with van der Waals surface area (Å²) in [5, 5.41) is 3.64. The molecule has 1 saturated heterocycles. The molecule has 1 fully saturated rings. The van der Waals surface area contributed by atoms with Crippen molar-refractivity contribution in [1.82, 2.24) is 4.90 Å². The molecule has 1 heterocycles. The van der Waals surface area contributed by atoms with Crippen molar-refractivity contribution >= 4 is 40.7 Å². The van der Waals surface area contributed by atoms with Crippen molar-refractivity contribution in [1.29, 1.82) is 0 Å². The highest BCUT2D eigenvalue weighted by Gasteiger charge is 2.22. The average molecular weight is 391 g/mol. The number of nitrogens with zero attached hydrogens (tertiary/aromatic N) is 1. The molecule has 4 nitrogen and oxygen atoms in total. The maximum Gasteiger partial charge on any atom is 0.255 e. The standard InChI is InChI=1S/C20H20Cl2N2O2/c1-13-5-7-24(8-6-13)20(26)15-4-2-3-14(9-15)19(25)23-18-11-16(21)10-17(22)12-18/h2-4,9-13H,5-8H2,1H3,(H,23,25). The second-order valence-electron chi connectivity index (χ2n) is 6.67. The van der Waals surface area contributed by atoms with Gasteiger partial charge < -0.3 is 10.2 Å². The maximum absolute atomic E-state index is 12.7. The predicted octanol–water partition coefficient (Wildman–Crippen LogP) is 5.12. The molecule has 0 bridgehead atoms. The number of anilines is 1. The number of nitrogens with one attached hydrogen (secondary N) is 1. The first-order valence-electron chi connectivity index (χ1n) is 8.59. The van der Waals surface area contributed by atoms with Crippen LogP contribution in [0.2, 0.25) is 10.0 Å². The van der Waals surface area contributed by atoms with Gasteiger partial charge in [0.25, 0.3) is 11.8 Å². The number of hydrogen-bond acceptors (Lipinski definition) is 2. The molecule has 26 heavy (non-hydrogen) atoms. The van der Waals surface area contributed by atoms with Crippen LogP contribution >= 0.6 is 23.2 Å². The van der Waals surface area contributed by atoms with E-state index < -0.39 is 0 Å². The highest BCUT2D eigenvalue weighted by molar-refractivity contribution is 6.35. The van der Waals surface area contributed by atoms with Gasteiger partial charge in [0.2, 0.25) is 0 Å². The minimum Gasteiger partial charge on any atom is -0.339 e. The zero-order valence-electron chi connectivity index (χ0n) is 14.5. The van der Waals surface area contributed by atoms with E-state index in [2.05, 4.69) is 12.2 Å². The smallest absolute Gasteiger partial charge is 0.255 e. The van der Waals surface area contributed by atoms with Crippen LogP contribution in [0.5, 0.6) is 0 Å². The first-order valence-corrected chi connectivity index (χ1v) is 9.35. The predicted molar refractivity (Wildman–Crippen MR) is 105 cm³/mol. The minimum atomic E-state index is -0.315. The summed E-state index contributed by atoms with van der Waals surface area (Å²) in [6, 6.07) is 11.6. The number of carbonyl (C=O) groups excluding carboxylic acids is 2. The molecule has 0 radical (unpaired) electrons. The summed E-state index contributed by atoms with van der Waals surface area (Å²) in [4.78, 5) is 27.1. The second kappa shape index (κ2) is 8.11. The Labute approximate surface area is 163 Å². The molecule has 2 amide bonds. The Kier molecular flexibility index (Phi) is 5.84. The van der Waals surface area contributed by atoms with E-state index in [1.807, 2.05) is 4.90 Å². The fourth-order valence-corrected chi connectivity index (χ4v) is 3.54. The molecule has 1 aliphatic heterocycles. The van der Waals surface area contributed by atoms with E-state index in [4.69, 9.17) is 23.2 Å². The van der Waals surface area contributed by atoms with E-state index in [1.165, 1.54) is 0 Å². The monoisotopic (exact) mass is 390 g/mol. The van der Waals surface area contributed by atoms with Gasteiger partial charge in [0.1, 0.15) is 0 Å². The third kappa shape index (κ3) is 4.57. The fraction of sp³-hybridized carbons (Fsp3) is 0.300. The lowest BCUT2D eigenvalue weighted by atomic mass is 9.98. The summed E-state index contributed by atoms with van der Waals surface area (Å²) in [5.74, 6) is 0.309. The molecule has 3 rings (SSSR count). The SMILES string of the molecule is CC1CCN(C(=O)c2cccc(C(=O)Nc3cc(Cl)cc(Cl)c3)c2)CC1. The van der Waals surface area contributed by atoms with Crippen molar-refractivity contribution in [2.45, 2.75) is 19.8 Å². The Hall–Kier alpha value is -2.04. The van der Waals surface area contributed by atoms with Crippen LogP contribution in [0.3, 0.4) is 0 Å². The molecule has 0 atom stereocenters. The molecule has 0 spiro atoms. The van der Waals surface area contributed by atoms with Crippen LogP contribution in [0.4, 0.5) is 5.69 Å². The molecule has 0 aliphatic carbocycles. The normalized spacial score (nSPS) is 15.0. The number of rotatable bonds is 3. The largest absolute Gasteiger partial charge is 0.339 e. The molecule has 0 unspecified atom stereocenters. The topological polar surface area (TPSA) is 49.4 Å². The lowest BCUT2D eigenvalue weighted by Crippen LogP contribution is -2.38. The highest BCUT2D eigenvalue weighted by atomic mass is 35.5. The molecule has 0 saturated carbocycles. The second-order valence-corrected chi connectivity index (χ2v) is 7.54. The Morgan fingerprint density at radius 3 is 2.27 bits per heavy atom. The van der Waals surface area contributed by atoms with Crippen molar-refractivity contribution in [3.63, 3.8) is 0 Å². The molecule has 1 aliphatic rings. The van der Waals surface area contributed by atoms with E-state index in [-0.39, 0.29) is 11.8 Å². The van der Waals surface area contributed by atoms with E-state index >= 15 is 0 Å². The molecular weight excluding hydrogens is 371 g/mol. The molecular formula is C20H20Cl2N2O2. The van der Waals surface area contributed by atoms with Crippen LogP contribution in [-0.2, 0) is 0 Å². The van der Waals surface area contributed by atoms with Gasteiger partial charge in [0, 0.05) is 39.9 Å². The fourth-order valence-electron chi connectivity index (χ4n) is 3.02. The number of benzene rings is 2. The van der Waals surface area contributed by atoms with Gasteiger partial charge in [0.05, 0.1) is 0 Å².